The van der Waals surface area contributed by atoms with E-state index < -0.39 is 0 Å². The van der Waals surface area contributed by atoms with Crippen LogP contribution in [-0.2, 0) is 6.54 Å². The molecule has 4 heteroatoms. The van der Waals surface area contributed by atoms with Crippen LogP contribution in [0, 0.1) is 6.92 Å². The molecule has 22 heavy (non-hydrogen) atoms. The summed E-state index contributed by atoms with van der Waals surface area (Å²) in [5.41, 5.74) is 3.63. The molecule has 1 aliphatic carbocycles. The summed E-state index contributed by atoms with van der Waals surface area (Å²) in [6.07, 6.45) is 8.26. The third kappa shape index (κ3) is 5.10. The molecule has 0 spiro atoms. The van der Waals surface area contributed by atoms with Gasteiger partial charge in [0, 0.05) is 13.1 Å². The first-order valence-corrected chi connectivity index (χ1v) is 8.02. The Morgan fingerprint density at radius 3 is 2.82 bits per heavy atom. The summed E-state index contributed by atoms with van der Waals surface area (Å²) in [7, 11) is 1.66. The minimum atomic E-state index is -0.107. The van der Waals surface area contributed by atoms with Crippen molar-refractivity contribution in [2.45, 2.75) is 45.6 Å². The normalized spacial score (nSPS) is 14.2. The van der Waals surface area contributed by atoms with Gasteiger partial charge in [-0.2, -0.15) is 0 Å². The zero-order valence-electron chi connectivity index (χ0n) is 13.6. The maximum Gasteiger partial charge on any atom is 0.315 e. The van der Waals surface area contributed by atoms with Gasteiger partial charge in [0.25, 0.3) is 0 Å². The molecule has 0 atom stereocenters. The van der Waals surface area contributed by atoms with Crippen LogP contribution in [-0.4, -0.2) is 19.7 Å². The number of benzene rings is 1. The number of urea groups is 1. The Morgan fingerprint density at radius 1 is 1.27 bits per heavy atom. The molecular weight excluding hydrogens is 276 g/mol. The topological polar surface area (TPSA) is 50.4 Å². The number of rotatable bonds is 6. The van der Waals surface area contributed by atoms with Crippen LogP contribution < -0.4 is 15.4 Å². The van der Waals surface area contributed by atoms with Crippen LogP contribution >= 0.6 is 0 Å². The lowest BCUT2D eigenvalue weighted by Crippen LogP contribution is -2.35. The molecule has 2 amide bonds. The van der Waals surface area contributed by atoms with Crippen LogP contribution in [0.2, 0.25) is 0 Å². The zero-order chi connectivity index (χ0) is 15.8. The minimum Gasteiger partial charge on any atom is -0.496 e. The highest BCUT2D eigenvalue weighted by molar-refractivity contribution is 5.73. The van der Waals surface area contributed by atoms with Crippen LogP contribution in [0.3, 0.4) is 0 Å². The highest BCUT2D eigenvalue weighted by Gasteiger charge is 2.05. The van der Waals surface area contributed by atoms with E-state index in [4.69, 9.17) is 4.74 Å². The first-order chi connectivity index (χ1) is 10.7. The van der Waals surface area contributed by atoms with Crippen molar-refractivity contribution < 1.29 is 9.53 Å². The Bertz CT molecular complexity index is 538. The average molecular weight is 302 g/mol. The van der Waals surface area contributed by atoms with Crippen molar-refractivity contribution in [2.75, 3.05) is 13.7 Å². The third-order valence-corrected chi connectivity index (χ3v) is 4.03. The molecule has 0 fully saturated rings. The Balaban J connectivity index is 1.69. The molecule has 0 saturated heterocycles. The van der Waals surface area contributed by atoms with Crippen LogP contribution in [0.15, 0.2) is 29.8 Å². The van der Waals surface area contributed by atoms with E-state index in [-0.39, 0.29) is 6.03 Å². The fraction of sp³-hybridized carbons (Fsp3) is 0.500. The van der Waals surface area contributed by atoms with E-state index in [0.29, 0.717) is 13.1 Å². The Kier molecular flexibility index (Phi) is 6.31. The number of hydrogen-bond donors (Lipinski definition) is 2. The van der Waals surface area contributed by atoms with Gasteiger partial charge in [-0.3, -0.25) is 0 Å². The number of hydrogen-bond acceptors (Lipinski definition) is 2. The Labute approximate surface area is 132 Å². The van der Waals surface area contributed by atoms with Crippen molar-refractivity contribution in [3.63, 3.8) is 0 Å². The molecular formula is C18H26N2O2. The van der Waals surface area contributed by atoms with Crippen molar-refractivity contribution in [2.24, 2.45) is 0 Å². The molecule has 120 valence electrons. The second-order valence-corrected chi connectivity index (χ2v) is 5.77. The van der Waals surface area contributed by atoms with Gasteiger partial charge in [0.15, 0.2) is 0 Å². The summed E-state index contributed by atoms with van der Waals surface area (Å²) in [6, 6.07) is 5.83. The monoisotopic (exact) mass is 302 g/mol. The van der Waals surface area contributed by atoms with Gasteiger partial charge in [-0.05, 0) is 56.2 Å². The zero-order valence-corrected chi connectivity index (χ0v) is 13.6. The van der Waals surface area contributed by atoms with Gasteiger partial charge in [0.05, 0.1) is 7.11 Å². The number of carbonyl (C=O) groups is 1. The van der Waals surface area contributed by atoms with Crippen molar-refractivity contribution in [1.82, 2.24) is 10.6 Å². The molecule has 0 heterocycles. The van der Waals surface area contributed by atoms with E-state index in [9.17, 15) is 4.79 Å². The molecule has 1 aliphatic rings. The lowest BCUT2D eigenvalue weighted by molar-refractivity contribution is 0.240. The smallest absolute Gasteiger partial charge is 0.315 e. The van der Waals surface area contributed by atoms with E-state index in [1.165, 1.54) is 31.3 Å². The Hall–Kier alpha value is -1.97. The molecule has 0 aromatic heterocycles. The van der Waals surface area contributed by atoms with E-state index >= 15 is 0 Å². The molecule has 0 saturated carbocycles. The standard InChI is InChI=1S/C18H26N2O2/c1-14-12-16(8-9-17(14)22-2)13-20-18(21)19-11-10-15-6-4-3-5-7-15/h6,8-9,12H,3-5,7,10-11,13H2,1-2H3,(H2,19,20,21). The fourth-order valence-corrected chi connectivity index (χ4v) is 2.76. The van der Waals surface area contributed by atoms with Crippen molar-refractivity contribution in [3.05, 3.63) is 41.0 Å². The van der Waals surface area contributed by atoms with Gasteiger partial charge in [-0.1, -0.05) is 23.8 Å². The van der Waals surface area contributed by atoms with Gasteiger partial charge in [0.1, 0.15) is 5.75 Å². The van der Waals surface area contributed by atoms with E-state index in [0.717, 1.165) is 23.3 Å². The van der Waals surface area contributed by atoms with Gasteiger partial charge >= 0.3 is 6.03 Å². The summed E-state index contributed by atoms with van der Waals surface area (Å²) in [5, 5.41) is 5.81. The summed E-state index contributed by atoms with van der Waals surface area (Å²) >= 11 is 0. The largest absolute Gasteiger partial charge is 0.496 e. The van der Waals surface area contributed by atoms with Crippen LogP contribution in [0.1, 0.15) is 43.2 Å². The number of allylic oxidation sites excluding steroid dienone is 1. The van der Waals surface area contributed by atoms with Crippen molar-refractivity contribution >= 4 is 6.03 Å². The molecule has 1 aromatic carbocycles. The van der Waals surface area contributed by atoms with Crippen molar-refractivity contribution in [3.8, 4) is 5.75 Å². The van der Waals surface area contributed by atoms with Crippen molar-refractivity contribution in [1.29, 1.82) is 0 Å². The quantitative estimate of drug-likeness (QED) is 0.787. The van der Waals surface area contributed by atoms with E-state index in [2.05, 4.69) is 16.7 Å². The Morgan fingerprint density at radius 2 is 2.14 bits per heavy atom. The SMILES string of the molecule is COc1ccc(CNC(=O)NCCC2=CCCCC2)cc1C. The highest BCUT2D eigenvalue weighted by atomic mass is 16.5. The van der Waals surface area contributed by atoms with Crippen LogP contribution in [0.4, 0.5) is 4.79 Å². The average Bonchev–Trinajstić information content (AvgIpc) is 2.54. The fourth-order valence-electron chi connectivity index (χ4n) is 2.76. The minimum absolute atomic E-state index is 0.107. The molecule has 0 aliphatic heterocycles. The predicted octanol–water partition coefficient (Wildman–Crippen LogP) is 3.69. The predicted molar refractivity (Wildman–Crippen MR) is 89.1 cm³/mol. The summed E-state index contributed by atoms with van der Waals surface area (Å²) in [5.74, 6) is 0.869. The number of amides is 2. The maximum absolute atomic E-state index is 11.8. The maximum atomic E-state index is 11.8. The molecule has 0 bridgehead atoms. The highest BCUT2D eigenvalue weighted by Crippen LogP contribution is 2.19. The van der Waals surface area contributed by atoms with Gasteiger partial charge < -0.3 is 15.4 Å². The summed E-state index contributed by atoms with van der Waals surface area (Å²) in [4.78, 5) is 11.8. The molecule has 0 unspecified atom stereocenters. The van der Waals surface area contributed by atoms with Gasteiger partial charge in [-0.15, -0.1) is 0 Å². The number of nitrogens with one attached hydrogen (secondary N) is 2. The number of ether oxygens (including phenoxy) is 1. The van der Waals surface area contributed by atoms with E-state index in [1.807, 2.05) is 25.1 Å². The van der Waals surface area contributed by atoms with Gasteiger partial charge in [0.2, 0.25) is 0 Å². The molecule has 2 N–H and O–H groups in total. The summed E-state index contributed by atoms with van der Waals surface area (Å²) in [6.45, 7) is 3.24. The second-order valence-electron chi connectivity index (χ2n) is 5.77. The van der Waals surface area contributed by atoms with Crippen LogP contribution in [0.25, 0.3) is 0 Å². The van der Waals surface area contributed by atoms with E-state index in [1.54, 1.807) is 7.11 Å². The number of methoxy groups -OCH3 is 1. The second kappa shape index (κ2) is 8.47. The third-order valence-electron chi connectivity index (χ3n) is 4.03. The molecule has 2 rings (SSSR count). The van der Waals surface area contributed by atoms with Crippen LogP contribution in [0.5, 0.6) is 5.75 Å². The summed E-state index contributed by atoms with van der Waals surface area (Å²) < 4.78 is 5.23. The molecule has 1 aromatic rings. The van der Waals surface area contributed by atoms with Gasteiger partial charge in [-0.25, -0.2) is 4.79 Å². The molecule has 4 nitrogen and oxygen atoms in total. The number of carbonyl (C=O) groups excluding carboxylic acids is 1. The first-order valence-electron chi connectivity index (χ1n) is 8.02. The number of aryl methyl sites for hydroxylation is 1. The molecule has 0 radical (unpaired) electrons. The lowest BCUT2D eigenvalue weighted by Gasteiger charge is -2.13. The lowest BCUT2D eigenvalue weighted by atomic mass is 9.97. The first kappa shape index (κ1) is 16.4.